The summed E-state index contributed by atoms with van der Waals surface area (Å²) in [7, 11) is 0. The molecule has 1 aliphatic heterocycles. The molecule has 0 radical (unpaired) electrons. The molecule has 0 bridgehead atoms. The van der Waals surface area contributed by atoms with Gasteiger partial charge in [-0.2, -0.15) is 5.10 Å². The maximum absolute atomic E-state index is 14.4. The van der Waals surface area contributed by atoms with E-state index in [0.29, 0.717) is 42.8 Å². The van der Waals surface area contributed by atoms with Gasteiger partial charge in [0, 0.05) is 38.3 Å². The number of aliphatic imine (C=N–C) groups is 1. The second-order valence-corrected chi connectivity index (χ2v) is 8.87. The third kappa shape index (κ3) is 6.83. The molecule has 4 heterocycles. The smallest absolute Gasteiger partial charge is 0.154 e. The van der Waals surface area contributed by atoms with Gasteiger partial charge < -0.3 is 15.5 Å². The molecule has 35 heavy (non-hydrogen) atoms. The summed E-state index contributed by atoms with van der Waals surface area (Å²) in [5.74, 6) is 1.17. The maximum atomic E-state index is 14.4. The van der Waals surface area contributed by atoms with Crippen molar-refractivity contribution in [3.8, 4) is 0 Å². The lowest BCUT2D eigenvalue weighted by molar-refractivity contribution is 0.0279. The second kappa shape index (κ2) is 11.9. The number of morpholine rings is 1. The highest BCUT2D eigenvalue weighted by atomic mass is 19.1. The quantitative estimate of drug-likeness (QED) is 0.427. The summed E-state index contributed by atoms with van der Waals surface area (Å²) in [6, 6.07) is 7.55. The van der Waals surface area contributed by atoms with Gasteiger partial charge in [0.25, 0.3) is 0 Å². The van der Waals surface area contributed by atoms with Crippen LogP contribution >= 0.6 is 0 Å². The molecule has 0 aliphatic carbocycles. The van der Waals surface area contributed by atoms with Crippen LogP contribution in [0.5, 0.6) is 0 Å². The maximum Gasteiger partial charge on any atom is 0.154 e. The monoisotopic (exact) mass is 478 g/mol. The third-order valence-corrected chi connectivity index (χ3v) is 5.85. The van der Waals surface area contributed by atoms with Crippen LogP contribution in [0, 0.1) is 5.41 Å². The van der Waals surface area contributed by atoms with Gasteiger partial charge in [-0.15, -0.1) is 5.10 Å². The van der Waals surface area contributed by atoms with Gasteiger partial charge >= 0.3 is 0 Å². The molecule has 2 atom stereocenters. The number of anilines is 2. The van der Waals surface area contributed by atoms with Crippen LogP contribution in [0.1, 0.15) is 36.8 Å². The molecule has 3 aromatic rings. The highest BCUT2D eigenvalue weighted by Crippen LogP contribution is 2.22. The number of alkyl halides is 1. The second-order valence-electron chi connectivity index (χ2n) is 8.87. The van der Waals surface area contributed by atoms with Crippen molar-refractivity contribution in [1.29, 1.82) is 5.41 Å². The lowest BCUT2D eigenvalue weighted by Crippen LogP contribution is -2.40. The zero-order chi connectivity index (χ0) is 24.6. The zero-order valence-electron chi connectivity index (χ0n) is 20.1. The van der Waals surface area contributed by atoms with Crippen LogP contribution in [-0.4, -0.2) is 83.1 Å². The number of pyridine rings is 2. The molecule has 184 valence electrons. The van der Waals surface area contributed by atoms with Crippen molar-refractivity contribution in [1.82, 2.24) is 25.1 Å². The van der Waals surface area contributed by atoms with Crippen molar-refractivity contribution in [2.24, 2.45) is 4.99 Å². The first kappa shape index (κ1) is 24.7. The van der Waals surface area contributed by atoms with Crippen molar-refractivity contribution in [2.75, 3.05) is 44.7 Å². The number of ether oxygens (including phenoxy) is 1. The van der Waals surface area contributed by atoms with E-state index in [1.807, 2.05) is 29.2 Å². The van der Waals surface area contributed by atoms with Gasteiger partial charge in [0.2, 0.25) is 0 Å². The molecule has 0 spiro atoms. The number of hydrogen-bond acceptors (Lipinski definition) is 9. The number of rotatable bonds is 10. The van der Waals surface area contributed by atoms with E-state index in [-0.39, 0.29) is 6.54 Å². The number of fused-ring (bicyclic) bond motifs is 1. The molecule has 4 rings (SSSR count). The van der Waals surface area contributed by atoms with Gasteiger partial charge in [-0.25, -0.2) is 9.37 Å². The number of nitrogens with zero attached hydrogens (tertiary/aromatic N) is 6. The number of aromatic nitrogens is 4. The Morgan fingerprint density at radius 2 is 1.97 bits per heavy atom. The summed E-state index contributed by atoms with van der Waals surface area (Å²) in [5, 5.41) is 19.2. The van der Waals surface area contributed by atoms with Crippen LogP contribution in [0.2, 0.25) is 0 Å². The highest BCUT2D eigenvalue weighted by molar-refractivity contribution is 5.90. The first-order valence-electron chi connectivity index (χ1n) is 11.8. The number of nitrogens with one attached hydrogen (secondary N) is 2. The van der Waals surface area contributed by atoms with Gasteiger partial charge in [0.15, 0.2) is 5.82 Å². The minimum atomic E-state index is -1.06. The Morgan fingerprint density at radius 3 is 2.74 bits per heavy atom. The standard InChI is InChI=1S/C25H31FN8O/c1-17(2)18-10-25(33-30-14-18)32-24-4-3-22-23(31-24)9-19(13-29-22)20(11-27)12-28-15-21(26)16-34-5-7-35-8-6-34/h3-4,9-14,17,20-21,27H,5-8,15-16H2,1-2H3,(H,31,32,33). The minimum absolute atomic E-state index is 0.0610. The Hall–Kier alpha value is -3.37. The normalized spacial score (nSPS) is 16.6. The molecule has 10 heteroatoms. The fraction of sp³-hybridized carbons (Fsp3) is 0.440. The molecular weight excluding hydrogens is 447 g/mol. The van der Waals surface area contributed by atoms with E-state index >= 15 is 0 Å². The van der Waals surface area contributed by atoms with Gasteiger partial charge in [-0.3, -0.25) is 14.9 Å². The van der Waals surface area contributed by atoms with Crippen LogP contribution in [0.25, 0.3) is 11.0 Å². The Morgan fingerprint density at radius 1 is 1.14 bits per heavy atom. The SMILES string of the molecule is CC(C)c1cnnc(Nc2ccc3ncc(C(C=N)C=NCC(F)CN4CCOCC4)cc3n2)c1. The minimum Gasteiger partial charge on any atom is -0.379 e. The van der Waals surface area contributed by atoms with E-state index in [4.69, 9.17) is 10.1 Å². The molecule has 1 fully saturated rings. The molecular formula is C25H31FN8O. The Kier molecular flexibility index (Phi) is 8.38. The predicted octanol–water partition coefficient (Wildman–Crippen LogP) is 3.76. The number of halogens is 1. The molecule has 0 aromatic carbocycles. The first-order valence-corrected chi connectivity index (χ1v) is 11.8. The van der Waals surface area contributed by atoms with Gasteiger partial charge in [-0.05, 0) is 41.3 Å². The van der Waals surface area contributed by atoms with Crippen LogP contribution in [0.4, 0.5) is 16.0 Å². The lowest BCUT2D eigenvalue weighted by atomic mass is 10.0. The highest BCUT2D eigenvalue weighted by Gasteiger charge is 2.16. The van der Waals surface area contributed by atoms with E-state index in [1.54, 1.807) is 18.6 Å². The lowest BCUT2D eigenvalue weighted by Gasteiger charge is -2.27. The Labute approximate surface area is 204 Å². The van der Waals surface area contributed by atoms with E-state index in [9.17, 15) is 4.39 Å². The average Bonchev–Trinajstić information content (AvgIpc) is 2.87. The van der Waals surface area contributed by atoms with E-state index in [2.05, 4.69) is 44.3 Å². The van der Waals surface area contributed by atoms with Crippen molar-refractivity contribution < 1.29 is 9.13 Å². The molecule has 1 aliphatic rings. The molecule has 2 N–H and O–H groups in total. The summed E-state index contributed by atoms with van der Waals surface area (Å²) >= 11 is 0. The number of hydrogen-bond donors (Lipinski definition) is 2. The van der Waals surface area contributed by atoms with Crippen LogP contribution in [0.15, 0.2) is 41.7 Å². The van der Waals surface area contributed by atoms with Crippen LogP contribution in [-0.2, 0) is 4.74 Å². The summed E-state index contributed by atoms with van der Waals surface area (Å²) in [5.41, 5.74) is 3.26. The topological polar surface area (TPSA) is 112 Å². The molecule has 9 nitrogen and oxygen atoms in total. The van der Waals surface area contributed by atoms with E-state index in [1.165, 1.54) is 6.21 Å². The van der Waals surface area contributed by atoms with Gasteiger partial charge in [-0.1, -0.05) is 13.8 Å². The van der Waals surface area contributed by atoms with Crippen molar-refractivity contribution in [3.63, 3.8) is 0 Å². The first-order chi connectivity index (χ1) is 17.0. The summed E-state index contributed by atoms with van der Waals surface area (Å²) in [6.45, 7) is 7.38. The molecule has 1 saturated heterocycles. The van der Waals surface area contributed by atoms with Gasteiger partial charge in [0.05, 0.1) is 42.9 Å². The molecule has 0 amide bonds. The Balaban J connectivity index is 1.43. The zero-order valence-corrected chi connectivity index (χ0v) is 20.1. The van der Waals surface area contributed by atoms with Crippen molar-refractivity contribution in [3.05, 3.63) is 47.8 Å². The Bertz CT molecular complexity index is 1170. The molecule has 3 aromatic heterocycles. The van der Waals surface area contributed by atoms with Crippen LogP contribution in [0.3, 0.4) is 0 Å². The fourth-order valence-electron chi connectivity index (χ4n) is 3.80. The molecule has 0 saturated carbocycles. The van der Waals surface area contributed by atoms with Crippen molar-refractivity contribution >= 4 is 35.1 Å². The summed E-state index contributed by atoms with van der Waals surface area (Å²) in [4.78, 5) is 15.5. The molecule has 2 unspecified atom stereocenters. The fourth-order valence-corrected chi connectivity index (χ4v) is 3.80. The summed E-state index contributed by atoms with van der Waals surface area (Å²) in [6.07, 6.45) is 5.29. The van der Waals surface area contributed by atoms with Gasteiger partial charge in [0.1, 0.15) is 12.0 Å². The average molecular weight is 479 g/mol. The van der Waals surface area contributed by atoms with Crippen LogP contribution < -0.4 is 5.32 Å². The third-order valence-electron chi connectivity index (χ3n) is 5.85. The summed E-state index contributed by atoms with van der Waals surface area (Å²) < 4.78 is 19.7. The van der Waals surface area contributed by atoms with Crippen molar-refractivity contribution in [2.45, 2.75) is 31.9 Å². The predicted molar refractivity (Wildman–Crippen MR) is 136 cm³/mol. The largest absolute Gasteiger partial charge is 0.379 e. The van der Waals surface area contributed by atoms with E-state index in [0.717, 1.165) is 29.7 Å². The van der Waals surface area contributed by atoms with E-state index < -0.39 is 12.1 Å².